The van der Waals surface area contributed by atoms with Crippen LogP contribution in [0.5, 0.6) is 0 Å². The molecule has 1 heterocycles. The SMILES string of the molecule is CCC1(n2c(-c3ccccc3)cc3ccccc32)CC2CC3CC1C32. The Morgan fingerprint density at radius 1 is 0.960 bits per heavy atom. The van der Waals surface area contributed by atoms with Crippen LogP contribution in [0.4, 0.5) is 0 Å². The first-order valence-electron chi connectivity index (χ1n) is 9.98. The van der Waals surface area contributed by atoms with Gasteiger partial charge in [0, 0.05) is 22.1 Å². The Morgan fingerprint density at radius 2 is 1.76 bits per heavy atom. The Morgan fingerprint density at radius 3 is 2.52 bits per heavy atom. The summed E-state index contributed by atoms with van der Waals surface area (Å²) in [7, 11) is 0. The van der Waals surface area contributed by atoms with E-state index in [1.807, 2.05) is 0 Å². The molecule has 0 bridgehead atoms. The molecule has 3 aromatic rings. The number of benzene rings is 2. The zero-order chi connectivity index (χ0) is 16.6. The van der Waals surface area contributed by atoms with E-state index in [1.165, 1.54) is 47.8 Å². The lowest BCUT2D eigenvalue weighted by Crippen LogP contribution is -2.51. The average Bonchev–Trinajstić information content (AvgIpc) is 3.03. The van der Waals surface area contributed by atoms with E-state index in [4.69, 9.17) is 0 Å². The van der Waals surface area contributed by atoms with E-state index >= 15 is 0 Å². The van der Waals surface area contributed by atoms with Gasteiger partial charge in [0.2, 0.25) is 0 Å². The molecule has 25 heavy (non-hydrogen) atoms. The molecule has 0 spiro atoms. The molecule has 0 amide bonds. The Balaban J connectivity index is 1.64. The van der Waals surface area contributed by atoms with Crippen LogP contribution < -0.4 is 0 Å². The highest BCUT2D eigenvalue weighted by atomic mass is 15.1. The molecule has 1 aromatic heterocycles. The highest BCUT2D eigenvalue weighted by Crippen LogP contribution is 2.72. The van der Waals surface area contributed by atoms with Crippen molar-refractivity contribution < 1.29 is 0 Å². The van der Waals surface area contributed by atoms with E-state index < -0.39 is 0 Å². The second kappa shape index (κ2) is 4.78. The summed E-state index contributed by atoms with van der Waals surface area (Å²) in [5.41, 5.74) is 4.55. The first kappa shape index (κ1) is 14.2. The molecule has 1 nitrogen and oxygen atoms in total. The van der Waals surface area contributed by atoms with Crippen molar-refractivity contribution >= 4 is 10.9 Å². The third kappa shape index (κ3) is 1.65. The van der Waals surface area contributed by atoms with Crippen molar-refractivity contribution in [3.8, 4) is 11.3 Å². The lowest BCUT2D eigenvalue weighted by Gasteiger charge is -2.56. The monoisotopic (exact) mass is 327 g/mol. The molecule has 126 valence electrons. The third-order valence-corrected chi connectivity index (χ3v) is 7.86. The molecule has 0 saturated heterocycles. The van der Waals surface area contributed by atoms with Crippen molar-refractivity contribution in [1.29, 1.82) is 0 Å². The van der Waals surface area contributed by atoms with Crippen LogP contribution in [-0.4, -0.2) is 4.57 Å². The van der Waals surface area contributed by atoms with Gasteiger partial charge in [-0.05, 0) is 67.1 Å². The second-order valence-corrected chi connectivity index (χ2v) is 8.63. The molecule has 1 heteroatoms. The van der Waals surface area contributed by atoms with Gasteiger partial charge in [-0.2, -0.15) is 0 Å². The number of para-hydroxylation sites is 1. The standard InChI is InChI=1S/C24H25N/c1-2-24(15-19-12-18-13-20(24)23(18)19)25-21-11-7-6-10-17(21)14-22(25)16-8-4-3-5-9-16/h3-11,14,18-20,23H,2,12-13,15H2,1H3. The van der Waals surface area contributed by atoms with E-state index in [9.17, 15) is 0 Å². The minimum Gasteiger partial charge on any atom is -0.334 e. The van der Waals surface area contributed by atoms with Crippen molar-refractivity contribution in [2.75, 3.05) is 0 Å². The van der Waals surface area contributed by atoms with E-state index in [1.54, 1.807) is 0 Å². The van der Waals surface area contributed by atoms with Crippen molar-refractivity contribution in [1.82, 2.24) is 4.57 Å². The fraction of sp³-hybridized carbons (Fsp3) is 0.417. The van der Waals surface area contributed by atoms with E-state index in [0.29, 0.717) is 5.54 Å². The summed E-state index contributed by atoms with van der Waals surface area (Å²) >= 11 is 0. The van der Waals surface area contributed by atoms with Crippen molar-refractivity contribution in [2.24, 2.45) is 23.7 Å². The first-order valence-corrected chi connectivity index (χ1v) is 9.98. The zero-order valence-electron chi connectivity index (χ0n) is 14.9. The van der Waals surface area contributed by atoms with Crippen molar-refractivity contribution in [3.05, 3.63) is 60.7 Å². The maximum Gasteiger partial charge on any atom is 0.0496 e. The maximum absolute atomic E-state index is 2.77. The predicted octanol–water partition coefficient (Wildman–Crippen LogP) is 6.09. The molecule has 5 unspecified atom stereocenters. The number of rotatable bonds is 3. The van der Waals surface area contributed by atoms with Crippen LogP contribution in [0.1, 0.15) is 32.6 Å². The van der Waals surface area contributed by atoms with Gasteiger partial charge in [0.05, 0.1) is 0 Å². The lowest BCUT2D eigenvalue weighted by molar-refractivity contribution is -0.0624. The molecule has 3 saturated carbocycles. The van der Waals surface area contributed by atoms with Crippen LogP contribution in [0.15, 0.2) is 60.7 Å². The zero-order valence-corrected chi connectivity index (χ0v) is 14.9. The molecular weight excluding hydrogens is 302 g/mol. The van der Waals surface area contributed by atoms with Gasteiger partial charge < -0.3 is 4.57 Å². The molecule has 0 N–H and O–H groups in total. The molecule has 3 aliphatic rings. The summed E-state index contributed by atoms with van der Waals surface area (Å²) in [6.07, 6.45) is 5.63. The summed E-state index contributed by atoms with van der Waals surface area (Å²) in [5, 5.41) is 1.39. The topological polar surface area (TPSA) is 4.93 Å². The van der Waals surface area contributed by atoms with Crippen molar-refractivity contribution in [3.63, 3.8) is 0 Å². The number of hydrogen-bond donors (Lipinski definition) is 0. The summed E-state index contributed by atoms with van der Waals surface area (Å²) in [4.78, 5) is 0. The number of aromatic nitrogens is 1. The lowest BCUT2D eigenvalue weighted by atomic mass is 9.50. The van der Waals surface area contributed by atoms with Crippen LogP contribution in [0.25, 0.3) is 22.2 Å². The summed E-state index contributed by atoms with van der Waals surface area (Å²) in [6, 6.07) is 22.5. The Hall–Kier alpha value is -2.02. The van der Waals surface area contributed by atoms with Crippen LogP contribution in [0.2, 0.25) is 0 Å². The second-order valence-electron chi connectivity index (χ2n) is 8.63. The minimum atomic E-state index is 0.330. The summed E-state index contributed by atoms with van der Waals surface area (Å²) in [6.45, 7) is 2.43. The molecule has 2 aromatic carbocycles. The highest BCUT2D eigenvalue weighted by Gasteiger charge is 2.67. The molecule has 3 fully saturated rings. The average molecular weight is 327 g/mol. The third-order valence-electron chi connectivity index (χ3n) is 7.86. The van der Waals surface area contributed by atoms with Crippen LogP contribution in [-0.2, 0) is 5.54 Å². The Bertz CT molecular complexity index is 953. The summed E-state index contributed by atoms with van der Waals surface area (Å²) < 4.78 is 2.77. The molecule has 0 radical (unpaired) electrons. The molecular formula is C24H25N. The summed E-state index contributed by atoms with van der Waals surface area (Å²) in [5.74, 6) is 3.99. The van der Waals surface area contributed by atoms with Crippen LogP contribution in [0, 0.1) is 23.7 Å². The van der Waals surface area contributed by atoms with Gasteiger partial charge in [-0.15, -0.1) is 0 Å². The number of hydrogen-bond acceptors (Lipinski definition) is 0. The minimum absolute atomic E-state index is 0.330. The smallest absolute Gasteiger partial charge is 0.0496 e. The molecule has 3 aliphatic carbocycles. The molecule has 0 aliphatic heterocycles. The van der Waals surface area contributed by atoms with Gasteiger partial charge in [0.25, 0.3) is 0 Å². The van der Waals surface area contributed by atoms with Gasteiger partial charge in [-0.25, -0.2) is 0 Å². The van der Waals surface area contributed by atoms with Gasteiger partial charge >= 0.3 is 0 Å². The van der Waals surface area contributed by atoms with E-state index in [0.717, 1.165) is 23.7 Å². The largest absolute Gasteiger partial charge is 0.334 e. The molecule has 6 rings (SSSR count). The van der Waals surface area contributed by atoms with Gasteiger partial charge in [-0.3, -0.25) is 0 Å². The first-order chi connectivity index (χ1) is 12.3. The van der Waals surface area contributed by atoms with Gasteiger partial charge in [-0.1, -0.05) is 55.5 Å². The van der Waals surface area contributed by atoms with E-state index in [2.05, 4.69) is 72.2 Å². The number of fused-ring (bicyclic) bond motifs is 1. The maximum atomic E-state index is 2.77. The quantitative estimate of drug-likeness (QED) is 0.548. The molecule has 5 atom stereocenters. The normalized spacial score (nSPS) is 35.2. The van der Waals surface area contributed by atoms with Gasteiger partial charge in [0.1, 0.15) is 0 Å². The fourth-order valence-corrected chi connectivity index (χ4v) is 6.77. The fourth-order valence-electron chi connectivity index (χ4n) is 6.77. The van der Waals surface area contributed by atoms with Gasteiger partial charge in [0.15, 0.2) is 0 Å². The van der Waals surface area contributed by atoms with E-state index in [-0.39, 0.29) is 0 Å². The Kier molecular flexibility index (Phi) is 2.71. The van der Waals surface area contributed by atoms with Crippen LogP contribution in [0.3, 0.4) is 0 Å². The Labute approximate surface area is 149 Å². The van der Waals surface area contributed by atoms with Crippen molar-refractivity contribution in [2.45, 2.75) is 38.1 Å². The predicted molar refractivity (Wildman–Crippen MR) is 103 cm³/mol. The highest BCUT2D eigenvalue weighted by molar-refractivity contribution is 5.87. The number of nitrogens with zero attached hydrogens (tertiary/aromatic N) is 1. The van der Waals surface area contributed by atoms with Crippen LogP contribution >= 0.6 is 0 Å².